The van der Waals surface area contributed by atoms with Crippen molar-refractivity contribution in [2.45, 2.75) is 6.42 Å². The number of carbonyl (C=O) groups excluding carboxylic acids is 1. The van der Waals surface area contributed by atoms with Gasteiger partial charge in [0.15, 0.2) is 0 Å². The first-order chi connectivity index (χ1) is 16.5. The second-order valence-electron chi connectivity index (χ2n) is 8.26. The first-order valence-corrected chi connectivity index (χ1v) is 11.3. The summed E-state index contributed by atoms with van der Waals surface area (Å²) in [5.41, 5.74) is 2.68. The zero-order chi connectivity index (χ0) is 23.9. The monoisotopic (exact) mass is 462 g/mol. The van der Waals surface area contributed by atoms with Crippen LogP contribution < -0.4 is 25.8 Å². The number of rotatable bonds is 8. The largest absolute Gasteiger partial charge is 0.495 e. The van der Waals surface area contributed by atoms with E-state index in [0.717, 1.165) is 43.2 Å². The number of ether oxygens (including phenoxy) is 1. The maximum Gasteiger partial charge on any atom is 0.263 e. The molecule has 0 atom stereocenters. The van der Waals surface area contributed by atoms with Gasteiger partial charge in [-0.3, -0.25) is 14.6 Å². The standard InChI is InChI=1S/C25H30N6O3/c1-30-12-14-31(15-13-30)21-16-19(5-6-22(21)34-2)29-25(33)23-20(8-11-28-24(23)32)27-10-7-18-4-3-9-26-17-18/h3-6,8-9,11,16-17H,7,10,12-15H2,1-2H3,(H,29,33)(H2,27,28,32). The number of hydrogen-bond donors (Lipinski definition) is 3. The number of benzene rings is 1. The number of hydrogen-bond acceptors (Lipinski definition) is 7. The van der Waals surface area contributed by atoms with E-state index in [2.05, 4.69) is 37.4 Å². The number of piperazine rings is 1. The SMILES string of the molecule is COc1ccc(NC(=O)c2c(NCCc3cccnc3)cc[nH]c2=O)cc1N1CCN(C)CC1. The van der Waals surface area contributed by atoms with Crippen molar-refractivity contribution in [1.29, 1.82) is 0 Å². The van der Waals surface area contributed by atoms with Gasteiger partial charge in [-0.15, -0.1) is 0 Å². The van der Waals surface area contributed by atoms with Crippen LogP contribution in [0.4, 0.5) is 17.1 Å². The Kier molecular flexibility index (Phi) is 7.44. The zero-order valence-electron chi connectivity index (χ0n) is 19.5. The van der Waals surface area contributed by atoms with E-state index in [1.807, 2.05) is 24.3 Å². The third kappa shape index (κ3) is 5.55. The lowest BCUT2D eigenvalue weighted by Gasteiger charge is -2.35. The fraction of sp³-hybridized carbons (Fsp3) is 0.320. The number of methoxy groups -OCH3 is 1. The summed E-state index contributed by atoms with van der Waals surface area (Å²) in [7, 11) is 3.74. The van der Waals surface area contributed by atoms with Crippen LogP contribution in [0.2, 0.25) is 0 Å². The number of amides is 1. The van der Waals surface area contributed by atoms with E-state index < -0.39 is 11.5 Å². The van der Waals surface area contributed by atoms with Crippen molar-refractivity contribution in [3.8, 4) is 5.75 Å². The van der Waals surface area contributed by atoms with Gasteiger partial charge in [0.05, 0.1) is 18.5 Å². The van der Waals surface area contributed by atoms with Gasteiger partial charge in [0, 0.05) is 57.0 Å². The number of likely N-dealkylation sites (N-methyl/N-ethyl adjacent to an activating group) is 1. The van der Waals surface area contributed by atoms with Crippen molar-refractivity contribution in [3.05, 3.63) is 76.5 Å². The molecule has 1 aliphatic rings. The van der Waals surface area contributed by atoms with Crippen LogP contribution in [-0.4, -0.2) is 67.7 Å². The highest BCUT2D eigenvalue weighted by atomic mass is 16.5. The molecule has 9 nitrogen and oxygen atoms in total. The molecule has 4 rings (SSSR count). The summed E-state index contributed by atoms with van der Waals surface area (Å²) in [6.07, 6.45) is 5.78. The van der Waals surface area contributed by atoms with Gasteiger partial charge in [-0.1, -0.05) is 6.07 Å². The van der Waals surface area contributed by atoms with Crippen LogP contribution >= 0.6 is 0 Å². The number of aromatic amines is 1. The summed E-state index contributed by atoms with van der Waals surface area (Å²) in [4.78, 5) is 36.9. The molecule has 1 fully saturated rings. The molecule has 0 aliphatic carbocycles. The molecule has 9 heteroatoms. The van der Waals surface area contributed by atoms with Crippen LogP contribution in [0.5, 0.6) is 5.75 Å². The van der Waals surface area contributed by atoms with E-state index in [1.54, 1.807) is 31.6 Å². The van der Waals surface area contributed by atoms with Gasteiger partial charge in [-0.25, -0.2) is 0 Å². The Morgan fingerprint density at radius 2 is 2.00 bits per heavy atom. The molecule has 0 radical (unpaired) electrons. The number of nitrogens with one attached hydrogen (secondary N) is 3. The van der Waals surface area contributed by atoms with E-state index in [0.29, 0.717) is 24.3 Å². The molecule has 2 aromatic heterocycles. The van der Waals surface area contributed by atoms with Crippen molar-refractivity contribution in [1.82, 2.24) is 14.9 Å². The average molecular weight is 463 g/mol. The van der Waals surface area contributed by atoms with E-state index >= 15 is 0 Å². The fourth-order valence-electron chi connectivity index (χ4n) is 3.99. The van der Waals surface area contributed by atoms with Gasteiger partial charge in [0.1, 0.15) is 11.3 Å². The Bertz CT molecular complexity index is 1170. The third-order valence-corrected chi connectivity index (χ3v) is 5.92. The molecule has 0 bridgehead atoms. The average Bonchev–Trinajstić information content (AvgIpc) is 2.85. The van der Waals surface area contributed by atoms with Crippen molar-refractivity contribution < 1.29 is 9.53 Å². The van der Waals surface area contributed by atoms with Crippen molar-refractivity contribution >= 4 is 23.0 Å². The van der Waals surface area contributed by atoms with Crippen molar-refractivity contribution in [3.63, 3.8) is 0 Å². The number of anilines is 3. The molecule has 178 valence electrons. The van der Waals surface area contributed by atoms with Crippen LogP contribution in [0.25, 0.3) is 0 Å². The van der Waals surface area contributed by atoms with Crippen LogP contribution in [0.15, 0.2) is 59.8 Å². The van der Waals surface area contributed by atoms with Gasteiger partial charge >= 0.3 is 0 Å². The van der Waals surface area contributed by atoms with Gasteiger partial charge in [-0.05, 0) is 49.4 Å². The molecule has 3 N–H and O–H groups in total. The second kappa shape index (κ2) is 10.8. The van der Waals surface area contributed by atoms with Gasteiger partial charge < -0.3 is 30.2 Å². The predicted molar refractivity (Wildman–Crippen MR) is 134 cm³/mol. The number of pyridine rings is 2. The summed E-state index contributed by atoms with van der Waals surface area (Å²) < 4.78 is 5.55. The smallest absolute Gasteiger partial charge is 0.263 e. The lowest BCUT2D eigenvalue weighted by molar-refractivity contribution is 0.102. The maximum atomic E-state index is 13.1. The Labute approximate surface area is 198 Å². The van der Waals surface area contributed by atoms with E-state index in [1.165, 1.54) is 6.20 Å². The Balaban J connectivity index is 1.50. The summed E-state index contributed by atoms with van der Waals surface area (Å²) in [6, 6.07) is 11.1. The maximum absolute atomic E-state index is 13.1. The van der Waals surface area contributed by atoms with Gasteiger partial charge in [-0.2, -0.15) is 0 Å². The van der Waals surface area contributed by atoms with Crippen LogP contribution in [0.3, 0.4) is 0 Å². The quantitative estimate of drug-likeness (QED) is 0.473. The highest BCUT2D eigenvalue weighted by molar-refractivity contribution is 6.08. The second-order valence-corrected chi connectivity index (χ2v) is 8.26. The molecule has 3 aromatic rings. The molecule has 1 aromatic carbocycles. The first kappa shape index (κ1) is 23.3. The highest BCUT2D eigenvalue weighted by Gasteiger charge is 2.20. The molecule has 0 unspecified atom stereocenters. The Morgan fingerprint density at radius 3 is 2.74 bits per heavy atom. The number of carbonyl (C=O) groups is 1. The topological polar surface area (TPSA) is 103 Å². The molecule has 1 aliphatic heterocycles. The number of nitrogens with zero attached hydrogens (tertiary/aromatic N) is 3. The molecule has 1 amide bonds. The number of aromatic nitrogens is 2. The van der Waals surface area contributed by atoms with Crippen molar-refractivity contribution in [2.75, 3.05) is 62.4 Å². The first-order valence-electron chi connectivity index (χ1n) is 11.3. The number of H-pyrrole nitrogens is 1. The summed E-state index contributed by atoms with van der Waals surface area (Å²) in [6.45, 7) is 4.20. The minimum atomic E-state index is -0.472. The lowest BCUT2D eigenvalue weighted by atomic mass is 10.1. The third-order valence-electron chi connectivity index (χ3n) is 5.92. The highest BCUT2D eigenvalue weighted by Crippen LogP contribution is 2.32. The fourth-order valence-corrected chi connectivity index (χ4v) is 3.99. The van der Waals surface area contributed by atoms with E-state index in [4.69, 9.17) is 4.74 Å². The summed E-state index contributed by atoms with van der Waals surface area (Å²) in [5.74, 6) is 0.276. The normalized spacial score (nSPS) is 14.0. The minimum Gasteiger partial charge on any atom is -0.495 e. The summed E-state index contributed by atoms with van der Waals surface area (Å²) in [5, 5.41) is 6.10. The van der Waals surface area contributed by atoms with Gasteiger partial charge in [0.2, 0.25) is 0 Å². The van der Waals surface area contributed by atoms with Crippen LogP contribution in [-0.2, 0) is 6.42 Å². The van der Waals surface area contributed by atoms with Crippen LogP contribution in [0, 0.1) is 0 Å². The molecule has 0 spiro atoms. The predicted octanol–water partition coefficient (Wildman–Crippen LogP) is 2.44. The Morgan fingerprint density at radius 1 is 1.18 bits per heavy atom. The van der Waals surface area contributed by atoms with Crippen LogP contribution in [0.1, 0.15) is 15.9 Å². The molecule has 34 heavy (non-hydrogen) atoms. The zero-order valence-corrected chi connectivity index (χ0v) is 19.5. The molecular formula is C25H30N6O3. The minimum absolute atomic E-state index is 0.0469. The summed E-state index contributed by atoms with van der Waals surface area (Å²) >= 11 is 0. The molecular weight excluding hydrogens is 432 g/mol. The lowest BCUT2D eigenvalue weighted by Crippen LogP contribution is -2.44. The van der Waals surface area contributed by atoms with Gasteiger partial charge in [0.25, 0.3) is 11.5 Å². The van der Waals surface area contributed by atoms with E-state index in [-0.39, 0.29) is 5.56 Å². The van der Waals surface area contributed by atoms with E-state index in [9.17, 15) is 9.59 Å². The van der Waals surface area contributed by atoms with Crippen molar-refractivity contribution in [2.24, 2.45) is 0 Å². The molecule has 3 heterocycles. The Hall–Kier alpha value is -3.85. The molecule has 1 saturated heterocycles. The molecule has 0 saturated carbocycles.